The molecule has 15 heteroatoms. The van der Waals surface area contributed by atoms with Gasteiger partial charge in [0.15, 0.2) is 0 Å². The lowest BCUT2D eigenvalue weighted by molar-refractivity contribution is -0.283. The van der Waals surface area contributed by atoms with Gasteiger partial charge >= 0.3 is 24.7 Å². The molecule has 2 aliphatic rings. The molecule has 1 nitrogen and oxygen atoms in total. The van der Waals surface area contributed by atoms with Crippen molar-refractivity contribution in [1.29, 1.82) is 0 Å². The van der Waals surface area contributed by atoms with Crippen LogP contribution in [0.4, 0.5) is 52.7 Å². The summed E-state index contributed by atoms with van der Waals surface area (Å²) in [7, 11) is 0. The van der Waals surface area contributed by atoms with Gasteiger partial charge in [0.1, 0.15) is 10.9 Å². The Morgan fingerprint density at radius 2 is 0.800 bits per heavy atom. The van der Waals surface area contributed by atoms with Crippen LogP contribution < -0.4 is 0 Å². The molecule has 0 aromatic rings. The SMILES string of the molecule is FC(F)(F)C1(C(F)(F)F)C[C@H]2O[C@H](CC(C(F)(F)F)(C(F)(F)F)S2)S1. The second-order valence-corrected chi connectivity index (χ2v) is 8.20. The van der Waals surface area contributed by atoms with Crippen molar-refractivity contribution in [2.24, 2.45) is 0 Å². The van der Waals surface area contributed by atoms with Gasteiger partial charge in [-0.1, -0.05) is 0 Å². The number of fused-ring (bicyclic) bond motifs is 2. The van der Waals surface area contributed by atoms with Crippen molar-refractivity contribution in [2.45, 2.75) is 57.9 Å². The summed E-state index contributed by atoms with van der Waals surface area (Å²) < 4.78 is 152. The van der Waals surface area contributed by atoms with Crippen molar-refractivity contribution in [3.05, 3.63) is 0 Å². The van der Waals surface area contributed by atoms with E-state index in [1.165, 1.54) is 0 Å². The maximum atomic E-state index is 13.0. The van der Waals surface area contributed by atoms with Crippen molar-refractivity contribution < 1.29 is 57.4 Å². The molecule has 0 saturated carbocycles. The van der Waals surface area contributed by atoms with Crippen LogP contribution in [0.3, 0.4) is 0 Å². The van der Waals surface area contributed by atoms with E-state index in [0.29, 0.717) is 0 Å². The first kappa shape index (κ1) is 21.1. The molecule has 148 valence electrons. The Bertz CT molecular complexity index is 428. The van der Waals surface area contributed by atoms with Gasteiger partial charge in [0.25, 0.3) is 0 Å². The molecule has 0 aromatic heterocycles. The van der Waals surface area contributed by atoms with Crippen LogP contribution in [0.1, 0.15) is 12.8 Å². The Kier molecular flexibility index (Phi) is 4.78. The summed E-state index contributed by atoms with van der Waals surface area (Å²) in [6.07, 6.45) is -28.0. The minimum absolute atomic E-state index is 1.10. The summed E-state index contributed by atoms with van der Waals surface area (Å²) in [4.78, 5) is 0. The Labute approximate surface area is 139 Å². The molecular weight excluding hydrogens is 428 g/mol. The van der Waals surface area contributed by atoms with Crippen LogP contribution in [0.25, 0.3) is 0 Å². The van der Waals surface area contributed by atoms with Gasteiger partial charge in [0, 0.05) is 12.8 Å². The number of rotatable bonds is 0. The van der Waals surface area contributed by atoms with E-state index in [2.05, 4.69) is 4.74 Å². The van der Waals surface area contributed by atoms with Crippen molar-refractivity contribution in [2.75, 3.05) is 0 Å². The number of thioether (sulfide) groups is 2. The van der Waals surface area contributed by atoms with E-state index in [9.17, 15) is 52.7 Å². The minimum atomic E-state index is -5.94. The van der Waals surface area contributed by atoms with Crippen molar-refractivity contribution in [3.63, 3.8) is 0 Å². The zero-order valence-electron chi connectivity index (χ0n) is 11.3. The predicted molar refractivity (Wildman–Crippen MR) is 62.8 cm³/mol. The van der Waals surface area contributed by atoms with Gasteiger partial charge in [0.05, 0.1) is 0 Å². The number of alkyl halides is 12. The first-order valence-corrected chi connectivity index (χ1v) is 7.90. The highest BCUT2D eigenvalue weighted by molar-refractivity contribution is 8.03. The lowest BCUT2D eigenvalue weighted by Gasteiger charge is -2.52. The average molecular weight is 434 g/mol. The predicted octanol–water partition coefficient (Wildman–Crippen LogP) is 5.66. The minimum Gasteiger partial charge on any atom is -0.354 e. The van der Waals surface area contributed by atoms with Crippen molar-refractivity contribution in [3.8, 4) is 0 Å². The monoisotopic (exact) mass is 434 g/mol. The summed E-state index contributed by atoms with van der Waals surface area (Å²) >= 11 is -2.21. The quantitative estimate of drug-likeness (QED) is 0.456. The average Bonchev–Trinajstić information content (AvgIpc) is 2.31. The normalized spacial score (nSPS) is 30.2. The number of halogens is 12. The van der Waals surface area contributed by atoms with Crippen molar-refractivity contribution in [1.82, 2.24) is 0 Å². The van der Waals surface area contributed by atoms with E-state index in [1.807, 2.05) is 0 Å². The Balaban J connectivity index is 2.47. The summed E-state index contributed by atoms with van der Waals surface area (Å²) in [5.74, 6) is 0. The molecule has 2 aliphatic heterocycles. The molecule has 2 rings (SSSR count). The number of hydrogen-bond acceptors (Lipinski definition) is 3. The fraction of sp³-hybridized carbons (Fsp3) is 1.00. The van der Waals surface area contributed by atoms with Gasteiger partial charge in [-0.3, -0.25) is 0 Å². The zero-order valence-corrected chi connectivity index (χ0v) is 13.0. The summed E-state index contributed by atoms with van der Waals surface area (Å²) in [5.41, 5.74) is -5.15. The Morgan fingerprint density at radius 3 is 1.00 bits per heavy atom. The third-order valence-corrected chi connectivity index (χ3v) is 6.85. The van der Waals surface area contributed by atoms with E-state index in [1.54, 1.807) is 0 Å². The molecule has 25 heavy (non-hydrogen) atoms. The highest BCUT2D eigenvalue weighted by atomic mass is 32.2. The molecule has 0 aliphatic carbocycles. The maximum Gasteiger partial charge on any atom is 0.412 e. The van der Waals surface area contributed by atoms with Gasteiger partial charge < -0.3 is 4.74 Å². The number of hydrogen-bond donors (Lipinski definition) is 0. The molecule has 2 bridgehead atoms. The van der Waals surface area contributed by atoms with E-state index in [-0.39, 0.29) is 0 Å². The van der Waals surface area contributed by atoms with Gasteiger partial charge in [-0.25, -0.2) is 0 Å². The van der Waals surface area contributed by atoms with Crippen LogP contribution >= 0.6 is 23.5 Å². The summed E-state index contributed by atoms with van der Waals surface area (Å²) in [6.45, 7) is 0. The third kappa shape index (κ3) is 3.17. The van der Waals surface area contributed by atoms with Gasteiger partial charge in [-0.2, -0.15) is 52.7 Å². The largest absolute Gasteiger partial charge is 0.412 e. The molecule has 2 heterocycles. The fourth-order valence-corrected chi connectivity index (χ4v) is 5.73. The van der Waals surface area contributed by atoms with E-state index < -0.39 is 81.4 Å². The van der Waals surface area contributed by atoms with Crippen molar-refractivity contribution >= 4 is 23.5 Å². The number of ether oxygens (including phenoxy) is 1. The molecule has 0 N–H and O–H groups in total. The van der Waals surface area contributed by atoms with Gasteiger partial charge in [-0.15, -0.1) is 23.5 Å². The molecule has 0 spiro atoms. The highest BCUT2D eigenvalue weighted by Crippen LogP contribution is 2.67. The second-order valence-electron chi connectivity index (χ2n) is 5.28. The van der Waals surface area contributed by atoms with Crippen LogP contribution in [0.2, 0.25) is 0 Å². The maximum absolute atomic E-state index is 13.0. The standard InChI is InChI=1S/C10H6F12OS2/c11-7(12,13)5(8(14,15)16)1-3-23-4(25-5)2-6(24-3,9(17,18)19)10(20,21)22/h3-4H,1-2H2/t3-,4-/m0/s1. The van der Waals surface area contributed by atoms with Crippen LogP contribution in [0.5, 0.6) is 0 Å². The molecule has 0 aromatic carbocycles. The van der Waals surface area contributed by atoms with E-state index >= 15 is 0 Å². The first-order valence-electron chi connectivity index (χ1n) is 6.14. The second kappa shape index (κ2) is 5.66. The summed E-state index contributed by atoms with van der Waals surface area (Å²) in [6, 6.07) is 0. The summed E-state index contributed by atoms with van der Waals surface area (Å²) in [5, 5.41) is 0. The molecule has 0 amide bonds. The van der Waals surface area contributed by atoms with Gasteiger partial charge in [0.2, 0.25) is 9.49 Å². The Morgan fingerprint density at radius 1 is 0.560 bits per heavy atom. The zero-order chi connectivity index (χ0) is 19.7. The molecule has 0 unspecified atom stereocenters. The van der Waals surface area contributed by atoms with E-state index in [4.69, 9.17) is 0 Å². The van der Waals surface area contributed by atoms with E-state index in [0.717, 1.165) is 0 Å². The molecule has 2 fully saturated rings. The van der Waals surface area contributed by atoms with Crippen LogP contribution in [-0.4, -0.2) is 45.1 Å². The molecule has 0 radical (unpaired) electrons. The smallest absolute Gasteiger partial charge is 0.354 e. The molecule has 2 saturated heterocycles. The first-order chi connectivity index (χ1) is 10.9. The highest BCUT2D eigenvalue weighted by Gasteiger charge is 2.80. The third-order valence-electron chi connectivity index (χ3n) is 3.71. The van der Waals surface area contributed by atoms with Crippen LogP contribution in [0.15, 0.2) is 0 Å². The lowest BCUT2D eigenvalue weighted by Crippen LogP contribution is -2.65. The van der Waals surface area contributed by atoms with Gasteiger partial charge in [-0.05, 0) is 0 Å². The molecule has 2 atom stereocenters. The lowest BCUT2D eigenvalue weighted by atomic mass is 10.0. The molecular formula is C10H6F12OS2. The fourth-order valence-electron chi connectivity index (χ4n) is 2.47. The van der Waals surface area contributed by atoms with Crippen LogP contribution in [-0.2, 0) is 4.74 Å². The topological polar surface area (TPSA) is 9.23 Å². The Hall–Kier alpha value is -0.180. The van der Waals surface area contributed by atoms with Crippen LogP contribution in [0, 0.1) is 0 Å².